The van der Waals surface area contributed by atoms with E-state index in [1.165, 1.54) is 135 Å². The van der Waals surface area contributed by atoms with E-state index in [0.29, 0.717) is 69.8 Å². The number of piperidine rings is 1. The van der Waals surface area contributed by atoms with Gasteiger partial charge in [-0.2, -0.15) is 0 Å². The van der Waals surface area contributed by atoms with Crippen LogP contribution >= 0.6 is 0 Å². The number of hydrogen-bond donors (Lipinski definition) is 2. The minimum absolute atomic E-state index is 0.00640. The Morgan fingerprint density at radius 3 is 1.69 bits per heavy atom. The number of amides is 1. The average molecular weight is 1530 g/mol. The van der Waals surface area contributed by atoms with Gasteiger partial charge in [0.1, 0.15) is 43.4 Å². The minimum atomic E-state index is -2.60. The number of hydrogen-bond acceptors (Lipinski definition) is 19. The van der Waals surface area contributed by atoms with Crippen LogP contribution in [0.2, 0.25) is 0 Å². The SMILES string of the molecule is C=CC[C@@H]1/C=C(\C)C[C@H](C)C[C@H](OC)C2O[C@@](O)(C(=O)C(=O)N3CCCC[C@H]3C(=O)O[C@H](/C(C)=C/[C@@H]3CC[C@@H](O)[C@H](OC)C3)[C@H](C)[C@@H](OC(=O)C(C)CCC(C)CC(=O)OC(COC(=O)CCCCCCCCCCCCCCC)COC(=O)CCCCCCCCCCCCCCC)CC1=O)[C@H](C)C[C@@H]2OC. The molecule has 108 heavy (non-hydrogen) atoms. The predicted molar refractivity (Wildman–Crippen MR) is 421 cm³/mol. The monoisotopic (exact) mass is 1520 g/mol. The number of aliphatic hydroxyl groups is 2. The molecule has 3 fully saturated rings. The highest BCUT2D eigenvalue weighted by Gasteiger charge is 2.57. The van der Waals surface area contributed by atoms with Crippen LogP contribution < -0.4 is 0 Å². The van der Waals surface area contributed by atoms with E-state index in [1.54, 1.807) is 40.9 Å². The average Bonchev–Trinajstić information content (AvgIpc) is 0.775. The maximum absolute atomic E-state index is 15.2. The summed E-state index contributed by atoms with van der Waals surface area (Å²) in [5, 5.41) is 23.2. The fourth-order valence-electron chi connectivity index (χ4n) is 16.3. The smallest absolute Gasteiger partial charge is 0.329 e. The van der Waals surface area contributed by atoms with Gasteiger partial charge in [0.2, 0.25) is 5.79 Å². The van der Waals surface area contributed by atoms with Gasteiger partial charge in [0.05, 0.1) is 30.3 Å². The molecule has 20 nitrogen and oxygen atoms in total. The molecule has 1 aliphatic carbocycles. The number of ketones is 2. The number of nitrogens with zero attached hydrogens (tertiary/aromatic N) is 1. The van der Waals surface area contributed by atoms with Crippen molar-refractivity contribution in [3.63, 3.8) is 0 Å². The van der Waals surface area contributed by atoms with E-state index in [-0.39, 0.29) is 94.7 Å². The van der Waals surface area contributed by atoms with Gasteiger partial charge in [-0.25, -0.2) is 4.79 Å². The Balaban J connectivity index is 1.55. The lowest BCUT2D eigenvalue weighted by Gasteiger charge is -2.47. The summed E-state index contributed by atoms with van der Waals surface area (Å²) in [6.45, 7) is 20.7. The van der Waals surface area contributed by atoms with Crippen LogP contribution in [0.3, 0.4) is 0 Å². The quantitative estimate of drug-likeness (QED) is 0.0188. The number of aliphatic hydroxyl groups excluding tert-OH is 1. The number of esters is 5. The number of cyclic esters (lactones) is 1. The highest BCUT2D eigenvalue weighted by molar-refractivity contribution is 6.39. The van der Waals surface area contributed by atoms with Crippen LogP contribution in [0.15, 0.2) is 36.0 Å². The molecule has 2 bridgehead atoms. The number of unbranched alkanes of at least 4 members (excludes halogenated alkanes) is 24. The normalized spacial score (nSPS) is 27.7. The molecule has 20 heteroatoms. The second-order valence-electron chi connectivity index (χ2n) is 32.9. The number of rotatable bonds is 47. The van der Waals surface area contributed by atoms with Crippen LogP contribution in [0.4, 0.5) is 0 Å². The van der Waals surface area contributed by atoms with Crippen molar-refractivity contribution >= 4 is 47.3 Å². The number of Topliss-reactive ketones (excluding diaryl/α,β-unsaturated/α-hetero) is 2. The third-order valence-corrected chi connectivity index (χ3v) is 23.3. The van der Waals surface area contributed by atoms with Gasteiger partial charge in [-0.1, -0.05) is 226 Å². The zero-order chi connectivity index (χ0) is 79.4. The van der Waals surface area contributed by atoms with Crippen molar-refractivity contribution in [1.82, 2.24) is 4.90 Å². The molecule has 0 radical (unpaired) electrons. The molecule has 1 saturated carbocycles. The molecule has 2 saturated heterocycles. The van der Waals surface area contributed by atoms with Crippen LogP contribution in [0.5, 0.6) is 0 Å². The van der Waals surface area contributed by atoms with Crippen molar-refractivity contribution in [3.8, 4) is 0 Å². The summed E-state index contributed by atoms with van der Waals surface area (Å²) >= 11 is 0. The summed E-state index contributed by atoms with van der Waals surface area (Å²) < 4.78 is 54.5. The van der Waals surface area contributed by atoms with E-state index in [4.69, 9.17) is 42.6 Å². The number of allylic oxidation sites excluding steroid dienone is 4. The summed E-state index contributed by atoms with van der Waals surface area (Å²) in [6.07, 6.45) is 34.1. The van der Waals surface area contributed by atoms with Crippen LogP contribution in [-0.4, -0.2) is 164 Å². The standard InChI is InChI=1S/C88H149NO19/c1-14-17-19-21-23-25-27-29-31-33-35-37-39-45-79(92)103-60-71(61-104-80(93)46-40-38-36-34-32-30-28-26-24-22-20-18-15-2)105-81(94)55-62(4)47-48-65(7)86(97)106-75-59-74(91)70(43-16-3)53-63(5)52-64(6)54-77(101-12)83-78(102-13)57-67(9)88(99,108-83)84(95)85(96)89-51-42-41-44-72(89)87(98)107-82(68(75)10)66(8)56-69-49-50-73(90)76(58-69)100-11/h16,53,56,62,64-65,67-73,75-78,82-83,90,99H,3,14-15,17-52,54-55,57-61H2,1-2,4-13H3/b63-53+,66-56+/t62?,64-,65?,67+,68+,69-,70+,72-,73+,75-,76+,77-,78-,82+,83?,88+/m0/s1. The van der Waals surface area contributed by atoms with Crippen molar-refractivity contribution in [2.45, 2.75) is 393 Å². The van der Waals surface area contributed by atoms with Gasteiger partial charge >= 0.3 is 29.8 Å². The Bertz CT molecular complexity index is 2650. The first-order valence-corrected chi connectivity index (χ1v) is 42.8. The summed E-state index contributed by atoms with van der Waals surface area (Å²) in [6, 6.07) is -1.27. The van der Waals surface area contributed by atoms with Crippen molar-refractivity contribution in [1.29, 1.82) is 0 Å². The first-order chi connectivity index (χ1) is 51.8. The second-order valence-corrected chi connectivity index (χ2v) is 32.9. The molecule has 4 aliphatic rings. The fourth-order valence-corrected chi connectivity index (χ4v) is 16.3. The van der Waals surface area contributed by atoms with E-state index >= 15 is 9.59 Å². The molecular weight excluding hydrogens is 1370 g/mol. The molecule has 0 aromatic heterocycles. The van der Waals surface area contributed by atoms with E-state index < -0.39 is 126 Å². The molecule has 3 heterocycles. The predicted octanol–water partition coefficient (Wildman–Crippen LogP) is 17.6. The molecule has 0 aromatic rings. The third kappa shape index (κ3) is 35.0. The van der Waals surface area contributed by atoms with Crippen molar-refractivity contribution in [3.05, 3.63) is 36.0 Å². The highest BCUT2D eigenvalue weighted by Crippen LogP contribution is 2.40. The highest BCUT2D eigenvalue weighted by atomic mass is 16.7. The Kier molecular flexibility index (Phi) is 47.7. The molecule has 3 aliphatic heterocycles. The number of carbonyl (C=O) groups excluding carboxylic acids is 8. The number of carbonyl (C=O) groups is 8. The Hall–Kier alpha value is -4.86. The molecule has 1 amide bonds. The van der Waals surface area contributed by atoms with Crippen molar-refractivity contribution < 1.29 is 91.2 Å². The summed E-state index contributed by atoms with van der Waals surface area (Å²) in [4.78, 5) is 116. The molecule has 2 N–H and O–H groups in total. The van der Waals surface area contributed by atoms with E-state index in [1.807, 2.05) is 32.9 Å². The maximum atomic E-state index is 15.2. The second kappa shape index (κ2) is 54.0. The number of ether oxygens (including phenoxy) is 9. The van der Waals surface area contributed by atoms with E-state index in [0.717, 1.165) is 44.1 Å². The Labute approximate surface area is 651 Å². The van der Waals surface area contributed by atoms with Crippen LogP contribution in [0.1, 0.15) is 332 Å². The fraction of sp³-hybridized carbons (Fsp3) is 0.841. The van der Waals surface area contributed by atoms with Gasteiger partial charge < -0.3 is 57.7 Å². The van der Waals surface area contributed by atoms with Crippen LogP contribution in [0.25, 0.3) is 0 Å². The maximum Gasteiger partial charge on any atom is 0.329 e. The van der Waals surface area contributed by atoms with Crippen LogP contribution in [-0.2, 0) is 81.0 Å². The van der Waals surface area contributed by atoms with E-state index in [9.17, 15) is 39.0 Å². The summed E-state index contributed by atoms with van der Waals surface area (Å²) in [7, 11) is 4.58. The van der Waals surface area contributed by atoms with Crippen LogP contribution in [0, 0.1) is 41.4 Å². The van der Waals surface area contributed by atoms with Gasteiger partial charge in [0.15, 0.2) is 6.10 Å². The van der Waals surface area contributed by atoms with Gasteiger partial charge in [-0.15, -0.1) is 6.58 Å². The van der Waals surface area contributed by atoms with Crippen molar-refractivity contribution in [2.75, 3.05) is 41.1 Å². The minimum Gasteiger partial charge on any atom is -0.462 e. The Morgan fingerprint density at radius 1 is 0.657 bits per heavy atom. The zero-order valence-corrected chi connectivity index (χ0v) is 69.3. The topological polar surface area (TPSA) is 263 Å². The Morgan fingerprint density at radius 2 is 1.18 bits per heavy atom. The lowest BCUT2D eigenvalue weighted by Crippen LogP contribution is -2.64. The summed E-state index contributed by atoms with van der Waals surface area (Å²) in [5.74, 6) is -11.8. The molecular formula is C88H149NO19. The molecule has 4 rings (SSSR count). The van der Waals surface area contributed by atoms with Gasteiger partial charge in [-0.05, 0) is 127 Å². The molecule has 620 valence electrons. The summed E-state index contributed by atoms with van der Waals surface area (Å²) in [5.41, 5.74) is 1.46. The lowest BCUT2D eigenvalue weighted by atomic mass is 9.81. The first kappa shape index (κ1) is 95.5. The number of fused-ring (bicyclic) bond motifs is 3. The first-order valence-electron chi connectivity index (χ1n) is 42.8. The molecule has 16 atom stereocenters. The van der Waals surface area contributed by atoms with Gasteiger partial charge in [-0.3, -0.25) is 33.6 Å². The van der Waals surface area contributed by atoms with Crippen molar-refractivity contribution in [2.24, 2.45) is 41.4 Å². The van der Waals surface area contributed by atoms with Gasteiger partial charge in [0, 0.05) is 71.3 Å². The molecule has 3 unspecified atom stereocenters. The largest absolute Gasteiger partial charge is 0.462 e. The lowest BCUT2D eigenvalue weighted by molar-refractivity contribution is -0.302. The van der Waals surface area contributed by atoms with E-state index in [2.05, 4.69) is 20.4 Å². The molecule has 0 spiro atoms. The van der Waals surface area contributed by atoms with Gasteiger partial charge in [0.25, 0.3) is 11.7 Å². The zero-order valence-electron chi connectivity index (χ0n) is 69.3. The third-order valence-electron chi connectivity index (χ3n) is 23.3. The number of methoxy groups -OCH3 is 3. The molecule has 0 aromatic carbocycles.